The Morgan fingerprint density at radius 2 is 2.09 bits per heavy atom. The minimum atomic E-state index is -0.569. The van der Waals surface area contributed by atoms with Crippen LogP contribution >= 0.6 is 23.1 Å². The minimum absolute atomic E-state index is 0.236. The van der Waals surface area contributed by atoms with E-state index >= 15 is 0 Å². The summed E-state index contributed by atoms with van der Waals surface area (Å²) in [4.78, 5) is 13.8. The van der Waals surface area contributed by atoms with Crippen LogP contribution in [0.5, 0.6) is 0 Å². The highest BCUT2D eigenvalue weighted by Crippen LogP contribution is 2.26. The molecular weight excluding hydrogens is 332 g/mol. The molecule has 5 nitrogen and oxygen atoms in total. The average Bonchev–Trinajstić information content (AvgIpc) is 3.24. The Bertz CT molecular complexity index is 757. The zero-order valence-electron chi connectivity index (χ0n) is 12.3. The number of carbonyl (C=O) groups is 1. The van der Waals surface area contributed by atoms with Gasteiger partial charge in [-0.1, -0.05) is 24.3 Å². The molecule has 0 unspecified atom stereocenters. The normalized spacial score (nSPS) is 12.0. The standard InChI is InChI=1S/C16H14N2O3S2/c1-11(15-17-18-16(21-15)13-8-5-9-22-13)20-14(19)10-23-12-6-3-2-4-7-12/h2-9,11H,10H2,1H3/t11-/m1/s1. The summed E-state index contributed by atoms with van der Waals surface area (Å²) < 4.78 is 10.9. The molecule has 0 saturated heterocycles. The summed E-state index contributed by atoms with van der Waals surface area (Å²) in [6.07, 6.45) is -0.569. The third-order valence-corrected chi connectivity index (χ3v) is 4.77. The Balaban J connectivity index is 1.54. The van der Waals surface area contributed by atoms with E-state index in [-0.39, 0.29) is 11.7 Å². The lowest BCUT2D eigenvalue weighted by Gasteiger charge is -2.09. The van der Waals surface area contributed by atoms with E-state index in [1.165, 1.54) is 23.1 Å². The van der Waals surface area contributed by atoms with Crippen molar-refractivity contribution in [2.75, 3.05) is 5.75 Å². The van der Waals surface area contributed by atoms with Gasteiger partial charge in [0.15, 0.2) is 6.10 Å². The Morgan fingerprint density at radius 3 is 2.83 bits per heavy atom. The van der Waals surface area contributed by atoms with E-state index in [2.05, 4.69) is 10.2 Å². The fourth-order valence-electron chi connectivity index (χ4n) is 1.84. The predicted octanol–water partition coefficient (Wildman–Crippen LogP) is 4.19. The summed E-state index contributed by atoms with van der Waals surface area (Å²) in [5, 5.41) is 9.86. The van der Waals surface area contributed by atoms with Gasteiger partial charge in [-0.15, -0.1) is 33.3 Å². The maximum absolute atomic E-state index is 11.9. The topological polar surface area (TPSA) is 65.2 Å². The molecule has 2 heterocycles. The molecule has 0 aliphatic rings. The first kappa shape index (κ1) is 15.8. The highest BCUT2D eigenvalue weighted by molar-refractivity contribution is 8.00. The van der Waals surface area contributed by atoms with Gasteiger partial charge in [-0.25, -0.2) is 0 Å². The number of carbonyl (C=O) groups excluding carboxylic acids is 1. The number of nitrogens with zero attached hydrogens (tertiary/aromatic N) is 2. The molecule has 2 aromatic heterocycles. The van der Waals surface area contributed by atoms with Crippen molar-refractivity contribution in [3.8, 4) is 10.8 Å². The van der Waals surface area contributed by atoms with E-state index in [4.69, 9.17) is 9.15 Å². The largest absolute Gasteiger partial charge is 0.452 e. The van der Waals surface area contributed by atoms with Crippen molar-refractivity contribution < 1.29 is 13.9 Å². The van der Waals surface area contributed by atoms with Crippen LogP contribution in [0.3, 0.4) is 0 Å². The number of hydrogen-bond donors (Lipinski definition) is 0. The monoisotopic (exact) mass is 346 g/mol. The van der Waals surface area contributed by atoms with Crippen LogP contribution in [0.4, 0.5) is 0 Å². The highest BCUT2D eigenvalue weighted by atomic mass is 32.2. The van der Waals surface area contributed by atoms with Crippen molar-refractivity contribution in [1.29, 1.82) is 0 Å². The van der Waals surface area contributed by atoms with Crippen molar-refractivity contribution in [2.45, 2.75) is 17.9 Å². The zero-order chi connectivity index (χ0) is 16.1. The molecule has 3 aromatic rings. The second kappa shape index (κ2) is 7.43. The molecule has 0 N–H and O–H groups in total. The minimum Gasteiger partial charge on any atom is -0.452 e. The van der Waals surface area contributed by atoms with Gasteiger partial charge in [-0.3, -0.25) is 4.79 Å². The van der Waals surface area contributed by atoms with E-state index in [0.29, 0.717) is 11.8 Å². The zero-order valence-corrected chi connectivity index (χ0v) is 14.0. The number of aromatic nitrogens is 2. The van der Waals surface area contributed by atoms with Crippen LogP contribution in [0.15, 0.2) is 57.2 Å². The summed E-state index contributed by atoms with van der Waals surface area (Å²) in [6.45, 7) is 1.72. The van der Waals surface area contributed by atoms with Crippen LogP contribution in [0, 0.1) is 0 Å². The molecule has 3 rings (SSSR count). The van der Waals surface area contributed by atoms with Crippen molar-refractivity contribution in [1.82, 2.24) is 10.2 Å². The smallest absolute Gasteiger partial charge is 0.317 e. The second-order valence-electron chi connectivity index (χ2n) is 4.66. The Labute approximate surface area is 141 Å². The lowest BCUT2D eigenvalue weighted by atomic mass is 10.4. The Morgan fingerprint density at radius 1 is 1.26 bits per heavy atom. The molecule has 0 aliphatic heterocycles. The molecule has 0 aliphatic carbocycles. The van der Waals surface area contributed by atoms with Gasteiger partial charge in [0.05, 0.1) is 10.6 Å². The molecule has 23 heavy (non-hydrogen) atoms. The fourth-order valence-corrected chi connectivity index (χ4v) is 3.19. The number of hydrogen-bond acceptors (Lipinski definition) is 7. The van der Waals surface area contributed by atoms with Gasteiger partial charge in [-0.2, -0.15) is 0 Å². The molecule has 0 bridgehead atoms. The number of thioether (sulfide) groups is 1. The first-order chi connectivity index (χ1) is 11.2. The van der Waals surface area contributed by atoms with Crippen LogP contribution in [0.1, 0.15) is 18.9 Å². The Hall–Kier alpha value is -2.12. The molecule has 0 saturated carbocycles. The van der Waals surface area contributed by atoms with Gasteiger partial charge in [0, 0.05) is 4.90 Å². The fraction of sp³-hybridized carbons (Fsp3) is 0.188. The van der Waals surface area contributed by atoms with Crippen molar-refractivity contribution >= 4 is 29.1 Å². The van der Waals surface area contributed by atoms with Gasteiger partial charge >= 0.3 is 5.97 Å². The van der Waals surface area contributed by atoms with Gasteiger partial charge in [0.2, 0.25) is 0 Å². The number of thiophene rings is 1. The van der Waals surface area contributed by atoms with Crippen LogP contribution < -0.4 is 0 Å². The molecule has 0 amide bonds. The van der Waals surface area contributed by atoms with E-state index in [0.717, 1.165) is 9.77 Å². The highest BCUT2D eigenvalue weighted by Gasteiger charge is 2.19. The van der Waals surface area contributed by atoms with Crippen LogP contribution in [-0.4, -0.2) is 21.9 Å². The average molecular weight is 346 g/mol. The molecule has 0 fully saturated rings. The van der Waals surface area contributed by atoms with Gasteiger partial charge in [0.1, 0.15) is 0 Å². The van der Waals surface area contributed by atoms with Crippen LogP contribution in [0.25, 0.3) is 10.8 Å². The van der Waals surface area contributed by atoms with Gasteiger partial charge in [-0.05, 0) is 30.5 Å². The van der Waals surface area contributed by atoms with Gasteiger partial charge < -0.3 is 9.15 Å². The maximum Gasteiger partial charge on any atom is 0.317 e. The number of esters is 1. The molecule has 7 heteroatoms. The summed E-state index contributed by atoms with van der Waals surface area (Å²) in [6, 6.07) is 13.5. The van der Waals surface area contributed by atoms with Crippen LogP contribution in [-0.2, 0) is 9.53 Å². The second-order valence-corrected chi connectivity index (χ2v) is 6.65. The first-order valence-corrected chi connectivity index (χ1v) is 8.83. The predicted molar refractivity (Wildman–Crippen MR) is 89.3 cm³/mol. The van der Waals surface area contributed by atoms with Gasteiger partial charge in [0.25, 0.3) is 11.8 Å². The molecule has 1 atom stereocenters. The summed E-state index contributed by atoms with van der Waals surface area (Å²) >= 11 is 2.94. The molecule has 118 valence electrons. The number of ether oxygens (including phenoxy) is 1. The SMILES string of the molecule is C[C@@H](OC(=O)CSc1ccccc1)c1nnc(-c2cccs2)o1. The van der Waals surface area contributed by atoms with Crippen molar-refractivity contribution in [2.24, 2.45) is 0 Å². The summed E-state index contributed by atoms with van der Waals surface area (Å²) in [5.74, 6) is 0.658. The molecule has 0 radical (unpaired) electrons. The van der Waals surface area contributed by atoms with E-state index in [9.17, 15) is 4.79 Å². The lowest BCUT2D eigenvalue weighted by Crippen LogP contribution is -2.11. The lowest BCUT2D eigenvalue weighted by molar-refractivity contribution is -0.146. The molecular formula is C16H14N2O3S2. The summed E-state index contributed by atoms with van der Waals surface area (Å²) in [5.41, 5.74) is 0. The third-order valence-electron chi connectivity index (χ3n) is 2.93. The van der Waals surface area contributed by atoms with E-state index in [1.54, 1.807) is 6.92 Å². The third kappa shape index (κ3) is 4.20. The quantitative estimate of drug-likeness (QED) is 0.492. The van der Waals surface area contributed by atoms with Crippen molar-refractivity contribution in [3.05, 3.63) is 53.7 Å². The van der Waals surface area contributed by atoms with Crippen molar-refractivity contribution in [3.63, 3.8) is 0 Å². The number of rotatable bonds is 6. The van der Waals surface area contributed by atoms with E-state index in [1.807, 2.05) is 47.8 Å². The Kier molecular flexibility index (Phi) is 5.09. The van der Waals surface area contributed by atoms with Crippen LogP contribution in [0.2, 0.25) is 0 Å². The maximum atomic E-state index is 11.9. The molecule has 0 spiro atoms. The summed E-state index contributed by atoms with van der Waals surface area (Å²) in [7, 11) is 0. The molecule has 1 aromatic carbocycles. The number of benzene rings is 1. The first-order valence-electron chi connectivity index (χ1n) is 6.97. The van der Waals surface area contributed by atoms with E-state index < -0.39 is 6.10 Å².